The van der Waals surface area contributed by atoms with Crippen LogP contribution in [0.3, 0.4) is 0 Å². The van der Waals surface area contributed by atoms with Gasteiger partial charge in [-0.2, -0.15) is 0 Å². The summed E-state index contributed by atoms with van der Waals surface area (Å²) < 4.78 is 29.4. The van der Waals surface area contributed by atoms with Crippen LogP contribution in [0.2, 0.25) is 0 Å². The summed E-state index contributed by atoms with van der Waals surface area (Å²) in [5, 5.41) is 2.94. The van der Waals surface area contributed by atoms with Crippen molar-refractivity contribution in [3.8, 4) is 0 Å². The molecule has 1 saturated heterocycles. The second-order valence-corrected chi connectivity index (χ2v) is 10.7. The van der Waals surface area contributed by atoms with Gasteiger partial charge < -0.3 is 25.4 Å². The minimum Gasteiger partial charge on any atom is -0.445 e. The molecule has 10 nitrogen and oxygen atoms in total. The van der Waals surface area contributed by atoms with E-state index >= 15 is 0 Å². The second-order valence-electron chi connectivity index (χ2n) is 8.75. The van der Waals surface area contributed by atoms with E-state index in [-0.39, 0.29) is 18.4 Å². The van der Waals surface area contributed by atoms with E-state index in [1.165, 1.54) is 12.1 Å². The Bertz CT molecular complexity index is 1080. The van der Waals surface area contributed by atoms with Crippen LogP contribution in [0.1, 0.15) is 48.0 Å². The van der Waals surface area contributed by atoms with Crippen molar-refractivity contribution >= 4 is 25.5 Å². The van der Waals surface area contributed by atoms with Crippen LogP contribution in [0.25, 0.3) is 0 Å². The molecule has 200 valence electrons. The molecule has 1 aliphatic rings. The summed E-state index contributed by atoms with van der Waals surface area (Å²) >= 11 is 0. The van der Waals surface area contributed by atoms with Gasteiger partial charge in [0.2, 0.25) is 5.85 Å². The van der Waals surface area contributed by atoms with Crippen molar-refractivity contribution in [2.45, 2.75) is 56.5 Å². The first-order chi connectivity index (χ1) is 17.8. The monoisotopic (exact) mass is 532 g/mol. The number of nitrogens with one attached hydrogen (secondary N) is 1. The van der Waals surface area contributed by atoms with E-state index in [1.54, 1.807) is 48.5 Å². The maximum Gasteiger partial charge on any atom is 0.369 e. The van der Waals surface area contributed by atoms with Gasteiger partial charge in [-0.15, -0.1) is 0 Å². The molecule has 0 amide bonds. The Morgan fingerprint density at radius 3 is 2.35 bits per heavy atom. The molecule has 0 aliphatic carbocycles. The van der Waals surface area contributed by atoms with Gasteiger partial charge in [0, 0.05) is 6.42 Å². The second kappa shape index (κ2) is 14.2. The van der Waals surface area contributed by atoms with E-state index in [1.807, 2.05) is 0 Å². The van der Waals surface area contributed by atoms with Crippen molar-refractivity contribution in [1.82, 2.24) is 5.32 Å². The normalized spacial score (nSPS) is 18.4. The molecule has 0 aromatic heterocycles. The minimum absolute atomic E-state index is 0.00333. The summed E-state index contributed by atoms with van der Waals surface area (Å²) in [6.07, 6.45) is 0.541. The third-order valence-electron chi connectivity index (χ3n) is 5.88. The Morgan fingerprint density at radius 1 is 1.05 bits per heavy atom. The van der Waals surface area contributed by atoms with Crippen LogP contribution in [-0.4, -0.2) is 53.9 Å². The molecule has 1 heterocycles. The Kier molecular flexibility index (Phi) is 11.0. The fourth-order valence-corrected chi connectivity index (χ4v) is 5.23. The smallest absolute Gasteiger partial charge is 0.369 e. The molecular weight excluding hydrogens is 499 g/mol. The summed E-state index contributed by atoms with van der Waals surface area (Å²) in [5.41, 5.74) is 6.36. The quantitative estimate of drug-likeness (QED) is 0.152. The molecule has 3 unspecified atom stereocenters. The van der Waals surface area contributed by atoms with Crippen molar-refractivity contribution in [1.29, 1.82) is 0 Å². The Balaban J connectivity index is 1.79. The zero-order chi connectivity index (χ0) is 26.7. The maximum absolute atomic E-state index is 13.5. The van der Waals surface area contributed by atoms with E-state index < -0.39 is 43.5 Å². The number of nitrogens with two attached hydrogens (primary N) is 1. The number of rotatable bonds is 13. The average molecular weight is 533 g/mol. The zero-order valence-electron chi connectivity index (χ0n) is 20.5. The van der Waals surface area contributed by atoms with Crippen molar-refractivity contribution in [2.24, 2.45) is 5.73 Å². The number of carbonyl (C=O) groups is 3. The van der Waals surface area contributed by atoms with E-state index in [2.05, 4.69) is 5.32 Å². The number of benzene rings is 2. The fraction of sp³-hybridized carbons (Fsp3) is 0.423. The third-order valence-corrected chi connectivity index (χ3v) is 7.45. The van der Waals surface area contributed by atoms with Gasteiger partial charge in [-0.3, -0.25) is 9.09 Å². The molecule has 0 bridgehead atoms. The summed E-state index contributed by atoms with van der Waals surface area (Å²) in [6.45, 7) is 0.971. The van der Waals surface area contributed by atoms with Crippen molar-refractivity contribution in [3.63, 3.8) is 0 Å². The molecule has 4 N–H and O–H groups in total. The summed E-state index contributed by atoms with van der Waals surface area (Å²) in [7, 11) is -4.77. The molecule has 37 heavy (non-hydrogen) atoms. The van der Waals surface area contributed by atoms with E-state index in [4.69, 9.17) is 19.7 Å². The molecule has 0 spiro atoms. The standard InChI is InChI=1S/C26H33N2O8P/c27-16-8-7-15-22(26(31)35-25(30)21-14-9-17-28-21)36-37(32,33)23(18-19-10-3-1-4-11-19)34-24(29)20-12-5-2-6-13-20/h1-6,10-13,21-23,28H,7-9,14-18,27H2,(H,32,33)/t21-,22?,23?/m0/s1. The largest absolute Gasteiger partial charge is 0.445 e. The predicted octanol–water partition coefficient (Wildman–Crippen LogP) is 2.93. The minimum atomic E-state index is -4.77. The average Bonchev–Trinajstić information content (AvgIpc) is 3.44. The first kappa shape index (κ1) is 28.7. The third kappa shape index (κ3) is 8.87. The van der Waals surface area contributed by atoms with Crippen LogP contribution in [-0.2, 0) is 34.6 Å². The molecule has 2 aromatic rings. The van der Waals surface area contributed by atoms with Gasteiger partial charge >= 0.3 is 25.5 Å². The highest BCUT2D eigenvalue weighted by molar-refractivity contribution is 7.53. The Morgan fingerprint density at radius 2 is 1.73 bits per heavy atom. The maximum atomic E-state index is 13.5. The van der Waals surface area contributed by atoms with Gasteiger partial charge in [-0.1, -0.05) is 48.5 Å². The number of ether oxygens (including phenoxy) is 2. The lowest BCUT2D eigenvalue weighted by atomic mass is 10.1. The highest BCUT2D eigenvalue weighted by Gasteiger charge is 2.41. The van der Waals surface area contributed by atoms with Crippen LogP contribution in [0.5, 0.6) is 0 Å². The zero-order valence-corrected chi connectivity index (χ0v) is 21.4. The highest BCUT2D eigenvalue weighted by atomic mass is 31.2. The first-order valence-corrected chi connectivity index (χ1v) is 13.9. The molecule has 0 radical (unpaired) electrons. The SMILES string of the molecule is NCCCCC(OP(=O)(O)C(Cc1ccccc1)OC(=O)c1ccccc1)C(=O)OC(=O)[C@@H]1CCCN1. The van der Waals surface area contributed by atoms with Crippen LogP contribution in [0.15, 0.2) is 60.7 Å². The van der Waals surface area contributed by atoms with Crippen molar-refractivity contribution in [3.05, 3.63) is 71.8 Å². The predicted molar refractivity (Wildman–Crippen MR) is 136 cm³/mol. The van der Waals surface area contributed by atoms with Gasteiger partial charge in [0.05, 0.1) is 5.56 Å². The lowest BCUT2D eigenvalue weighted by Crippen LogP contribution is -2.37. The van der Waals surface area contributed by atoms with Crippen LogP contribution in [0.4, 0.5) is 0 Å². The molecular formula is C26H33N2O8P. The van der Waals surface area contributed by atoms with Gasteiger partial charge in [-0.25, -0.2) is 14.4 Å². The van der Waals surface area contributed by atoms with E-state index in [0.717, 1.165) is 6.42 Å². The first-order valence-electron chi connectivity index (χ1n) is 12.3. The molecule has 0 saturated carbocycles. The number of carbonyl (C=O) groups excluding carboxylic acids is 3. The Labute approximate surface area is 216 Å². The molecule has 2 aromatic carbocycles. The van der Waals surface area contributed by atoms with Crippen LogP contribution >= 0.6 is 7.60 Å². The van der Waals surface area contributed by atoms with E-state index in [0.29, 0.717) is 37.9 Å². The van der Waals surface area contributed by atoms with Crippen LogP contribution in [0, 0.1) is 0 Å². The summed E-state index contributed by atoms with van der Waals surface area (Å²) in [6, 6.07) is 16.1. The van der Waals surface area contributed by atoms with Gasteiger partial charge in [0.25, 0.3) is 0 Å². The molecule has 4 atom stereocenters. The highest BCUT2D eigenvalue weighted by Crippen LogP contribution is 2.51. The topological polar surface area (TPSA) is 154 Å². The lowest BCUT2D eigenvalue weighted by Gasteiger charge is -2.26. The molecule has 1 fully saturated rings. The van der Waals surface area contributed by atoms with Gasteiger partial charge in [0.15, 0.2) is 6.10 Å². The summed E-state index contributed by atoms with van der Waals surface area (Å²) in [4.78, 5) is 48.9. The molecule has 3 rings (SSSR count). The summed E-state index contributed by atoms with van der Waals surface area (Å²) in [5.74, 6) is -4.26. The Hall–Kier alpha value is -2.88. The lowest BCUT2D eigenvalue weighted by molar-refractivity contribution is -0.166. The fourth-order valence-electron chi connectivity index (χ4n) is 3.86. The number of esters is 3. The van der Waals surface area contributed by atoms with E-state index in [9.17, 15) is 23.8 Å². The van der Waals surface area contributed by atoms with Gasteiger partial charge in [0.1, 0.15) is 6.04 Å². The van der Waals surface area contributed by atoms with Crippen LogP contribution < -0.4 is 11.1 Å². The molecule has 11 heteroatoms. The van der Waals surface area contributed by atoms with Crippen molar-refractivity contribution < 1.29 is 37.8 Å². The number of hydrogen-bond acceptors (Lipinski definition) is 9. The van der Waals surface area contributed by atoms with Gasteiger partial charge in [-0.05, 0) is 62.9 Å². The van der Waals surface area contributed by atoms with Crippen molar-refractivity contribution in [2.75, 3.05) is 13.1 Å². The number of unbranched alkanes of at least 4 members (excludes halogenated alkanes) is 1. The molecule has 1 aliphatic heterocycles. The number of hydrogen-bond donors (Lipinski definition) is 3.